The van der Waals surface area contributed by atoms with Crippen molar-refractivity contribution < 1.29 is 19.3 Å². The van der Waals surface area contributed by atoms with E-state index < -0.39 is 6.10 Å². The normalized spacial score (nSPS) is 12.7. The molecule has 0 heterocycles. The van der Waals surface area contributed by atoms with Gasteiger partial charge in [0.05, 0.1) is 26.9 Å². The second-order valence-corrected chi connectivity index (χ2v) is 6.51. The Bertz CT molecular complexity index is 465. The number of rotatable bonds is 12. The van der Waals surface area contributed by atoms with Crippen molar-refractivity contribution in [2.24, 2.45) is 5.92 Å². The van der Waals surface area contributed by atoms with Gasteiger partial charge >= 0.3 is 0 Å². The van der Waals surface area contributed by atoms with Crippen molar-refractivity contribution in [1.29, 1.82) is 0 Å². The summed E-state index contributed by atoms with van der Waals surface area (Å²) in [7, 11) is 3.27. The molecular weight excluding hydrogens is 306 g/mol. The highest BCUT2D eigenvalue weighted by Gasteiger charge is 2.13. The van der Waals surface area contributed by atoms with E-state index in [2.05, 4.69) is 25.7 Å². The van der Waals surface area contributed by atoms with Crippen molar-refractivity contribution in [3.63, 3.8) is 0 Å². The molecule has 1 unspecified atom stereocenters. The highest BCUT2D eigenvalue weighted by Crippen LogP contribution is 2.28. The number of nitrogens with zero attached hydrogens (tertiary/aromatic N) is 1. The zero-order valence-electron chi connectivity index (χ0n) is 15.7. The first-order chi connectivity index (χ1) is 11.5. The summed E-state index contributed by atoms with van der Waals surface area (Å²) in [6.45, 7) is 9.69. The summed E-state index contributed by atoms with van der Waals surface area (Å²) in [6.07, 6.45) is 0.558. The lowest BCUT2D eigenvalue weighted by atomic mass is 10.1. The van der Waals surface area contributed by atoms with Gasteiger partial charge in [0.25, 0.3) is 0 Å². The van der Waals surface area contributed by atoms with Crippen LogP contribution in [-0.2, 0) is 11.3 Å². The number of hydrogen-bond acceptors (Lipinski definition) is 5. The SMILES string of the molecule is CCCN(Cc1ccc(OC)c(OC)c1)CC(O)COCC(C)C. The average Bonchev–Trinajstić information content (AvgIpc) is 2.54. The maximum absolute atomic E-state index is 10.2. The lowest BCUT2D eigenvalue weighted by Crippen LogP contribution is -2.35. The molecular formula is C19H33NO4. The van der Waals surface area contributed by atoms with Gasteiger partial charge < -0.3 is 19.3 Å². The van der Waals surface area contributed by atoms with Crippen molar-refractivity contribution in [3.8, 4) is 11.5 Å². The number of hydrogen-bond donors (Lipinski definition) is 1. The van der Waals surface area contributed by atoms with Gasteiger partial charge in [-0.15, -0.1) is 0 Å². The van der Waals surface area contributed by atoms with Gasteiger partial charge in [0.15, 0.2) is 11.5 Å². The summed E-state index contributed by atoms with van der Waals surface area (Å²) >= 11 is 0. The standard InChI is InChI=1S/C19H33NO4/c1-6-9-20(12-17(21)14-24-13-15(2)3)11-16-7-8-18(22-4)19(10-16)23-5/h7-8,10,15,17,21H,6,9,11-14H2,1-5H3. The van der Waals surface area contributed by atoms with Gasteiger partial charge in [0, 0.05) is 19.7 Å². The largest absolute Gasteiger partial charge is 0.493 e. The van der Waals surface area contributed by atoms with E-state index in [0.29, 0.717) is 25.7 Å². The molecule has 1 aromatic rings. The van der Waals surface area contributed by atoms with Crippen molar-refractivity contribution >= 4 is 0 Å². The van der Waals surface area contributed by atoms with E-state index in [1.807, 2.05) is 18.2 Å². The molecule has 1 N–H and O–H groups in total. The first-order valence-electron chi connectivity index (χ1n) is 8.69. The van der Waals surface area contributed by atoms with Gasteiger partial charge in [-0.25, -0.2) is 0 Å². The Morgan fingerprint density at radius 1 is 1.08 bits per heavy atom. The summed E-state index contributed by atoms with van der Waals surface area (Å²) in [5.74, 6) is 1.94. The van der Waals surface area contributed by atoms with Crippen LogP contribution in [0.4, 0.5) is 0 Å². The van der Waals surface area contributed by atoms with E-state index in [4.69, 9.17) is 14.2 Å². The van der Waals surface area contributed by atoms with Crippen LogP contribution in [0.15, 0.2) is 18.2 Å². The Balaban J connectivity index is 2.61. The topological polar surface area (TPSA) is 51.2 Å². The second kappa shape index (κ2) is 11.3. The van der Waals surface area contributed by atoms with Crippen LogP contribution in [-0.4, -0.2) is 56.6 Å². The smallest absolute Gasteiger partial charge is 0.161 e. The van der Waals surface area contributed by atoms with Crippen molar-refractivity contribution in [3.05, 3.63) is 23.8 Å². The first kappa shape index (κ1) is 20.7. The summed E-state index contributed by atoms with van der Waals surface area (Å²) in [5.41, 5.74) is 1.14. The molecule has 0 radical (unpaired) electrons. The zero-order valence-corrected chi connectivity index (χ0v) is 15.7. The predicted octanol–water partition coefficient (Wildman–Crippen LogP) is 2.95. The minimum absolute atomic E-state index is 0.379. The van der Waals surface area contributed by atoms with Crippen LogP contribution in [0.1, 0.15) is 32.8 Å². The Kier molecular flexibility index (Phi) is 9.76. The zero-order chi connectivity index (χ0) is 17.9. The Morgan fingerprint density at radius 3 is 2.38 bits per heavy atom. The van der Waals surface area contributed by atoms with Gasteiger partial charge in [-0.1, -0.05) is 26.8 Å². The van der Waals surface area contributed by atoms with Crippen molar-refractivity contribution in [1.82, 2.24) is 4.90 Å². The molecule has 5 nitrogen and oxygen atoms in total. The van der Waals surface area contributed by atoms with Crippen molar-refractivity contribution in [2.75, 3.05) is 40.5 Å². The summed E-state index contributed by atoms with van der Waals surface area (Å²) in [6, 6.07) is 5.94. The molecule has 1 aromatic carbocycles. The fraction of sp³-hybridized carbons (Fsp3) is 0.684. The molecule has 1 rings (SSSR count). The first-order valence-corrected chi connectivity index (χ1v) is 8.69. The highest BCUT2D eigenvalue weighted by atomic mass is 16.5. The molecule has 0 bridgehead atoms. The van der Waals surface area contributed by atoms with E-state index in [-0.39, 0.29) is 0 Å². The van der Waals surface area contributed by atoms with Crippen LogP contribution < -0.4 is 9.47 Å². The Labute approximate surface area is 146 Å². The monoisotopic (exact) mass is 339 g/mol. The van der Waals surface area contributed by atoms with E-state index >= 15 is 0 Å². The van der Waals surface area contributed by atoms with E-state index in [1.165, 1.54) is 0 Å². The van der Waals surface area contributed by atoms with Crippen LogP contribution in [0, 0.1) is 5.92 Å². The third-order valence-electron chi connectivity index (χ3n) is 3.62. The molecule has 0 spiro atoms. The van der Waals surface area contributed by atoms with Crippen LogP contribution in [0.5, 0.6) is 11.5 Å². The molecule has 0 amide bonds. The molecule has 5 heteroatoms. The fourth-order valence-electron chi connectivity index (χ4n) is 2.58. The molecule has 0 fully saturated rings. The minimum Gasteiger partial charge on any atom is -0.493 e. The third kappa shape index (κ3) is 7.51. The van der Waals surface area contributed by atoms with E-state index in [9.17, 15) is 5.11 Å². The maximum atomic E-state index is 10.2. The summed E-state index contributed by atoms with van der Waals surface area (Å²) in [5, 5.41) is 10.2. The van der Waals surface area contributed by atoms with Gasteiger partial charge in [-0.3, -0.25) is 4.90 Å². The lowest BCUT2D eigenvalue weighted by Gasteiger charge is -2.25. The lowest BCUT2D eigenvalue weighted by molar-refractivity contribution is 0.00691. The average molecular weight is 339 g/mol. The van der Waals surface area contributed by atoms with Crippen LogP contribution in [0.3, 0.4) is 0 Å². The number of benzene rings is 1. The van der Waals surface area contributed by atoms with Gasteiger partial charge in [0.2, 0.25) is 0 Å². The maximum Gasteiger partial charge on any atom is 0.161 e. The summed E-state index contributed by atoms with van der Waals surface area (Å²) in [4.78, 5) is 2.24. The fourth-order valence-corrected chi connectivity index (χ4v) is 2.58. The van der Waals surface area contributed by atoms with Crippen LogP contribution >= 0.6 is 0 Å². The van der Waals surface area contributed by atoms with E-state index in [0.717, 1.165) is 36.6 Å². The highest BCUT2D eigenvalue weighted by molar-refractivity contribution is 5.42. The molecule has 24 heavy (non-hydrogen) atoms. The molecule has 1 atom stereocenters. The molecule has 138 valence electrons. The Hall–Kier alpha value is -1.30. The van der Waals surface area contributed by atoms with Crippen molar-refractivity contribution in [2.45, 2.75) is 39.8 Å². The third-order valence-corrected chi connectivity index (χ3v) is 3.62. The number of aliphatic hydroxyl groups is 1. The molecule has 0 aliphatic carbocycles. The van der Waals surface area contributed by atoms with Crippen LogP contribution in [0.25, 0.3) is 0 Å². The molecule has 0 aliphatic heterocycles. The molecule has 0 aromatic heterocycles. The van der Waals surface area contributed by atoms with Gasteiger partial charge in [0.1, 0.15) is 0 Å². The number of ether oxygens (including phenoxy) is 3. The Morgan fingerprint density at radius 2 is 1.79 bits per heavy atom. The van der Waals surface area contributed by atoms with Gasteiger partial charge in [-0.2, -0.15) is 0 Å². The second-order valence-electron chi connectivity index (χ2n) is 6.51. The number of aliphatic hydroxyl groups excluding tert-OH is 1. The quantitative estimate of drug-likeness (QED) is 0.634. The molecule has 0 saturated heterocycles. The number of methoxy groups -OCH3 is 2. The molecule has 0 aliphatic rings. The van der Waals surface area contributed by atoms with E-state index in [1.54, 1.807) is 14.2 Å². The van der Waals surface area contributed by atoms with Gasteiger partial charge in [-0.05, 0) is 36.6 Å². The van der Waals surface area contributed by atoms with Crippen LogP contribution in [0.2, 0.25) is 0 Å². The minimum atomic E-state index is -0.476. The molecule has 0 saturated carbocycles. The summed E-state index contributed by atoms with van der Waals surface area (Å²) < 4.78 is 16.2. The predicted molar refractivity (Wildman–Crippen MR) is 96.8 cm³/mol.